The SMILES string of the molecule is C/C(=C\C(C)(C)C)CC=O. The second-order valence-electron chi connectivity index (χ2n) is 3.73. The van der Waals surface area contributed by atoms with Gasteiger partial charge in [0, 0.05) is 6.42 Å². The lowest BCUT2D eigenvalue weighted by atomic mass is 9.93. The van der Waals surface area contributed by atoms with Gasteiger partial charge in [-0.2, -0.15) is 0 Å². The molecule has 0 aromatic rings. The monoisotopic (exact) mass is 140 g/mol. The van der Waals surface area contributed by atoms with Crippen molar-refractivity contribution in [3.8, 4) is 0 Å². The average molecular weight is 140 g/mol. The molecule has 0 aromatic heterocycles. The number of aldehydes is 1. The Labute approximate surface area is 63.1 Å². The summed E-state index contributed by atoms with van der Waals surface area (Å²) in [6.07, 6.45) is 3.64. The lowest BCUT2D eigenvalue weighted by molar-refractivity contribution is -0.107. The fraction of sp³-hybridized carbons (Fsp3) is 0.667. The number of carbonyl (C=O) groups is 1. The number of carbonyl (C=O) groups excluding carboxylic acids is 1. The molecule has 1 heteroatoms. The minimum absolute atomic E-state index is 0.201. The van der Waals surface area contributed by atoms with Crippen molar-refractivity contribution >= 4 is 6.29 Å². The second-order valence-corrected chi connectivity index (χ2v) is 3.73. The largest absolute Gasteiger partial charge is 0.303 e. The Kier molecular flexibility index (Phi) is 3.34. The minimum atomic E-state index is 0.201. The smallest absolute Gasteiger partial charge is 0.124 e. The Balaban J connectivity index is 4.02. The molecule has 0 rings (SSSR count). The van der Waals surface area contributed by atoms with Gasteiger partial charge in [0.15, 0.2) is 0 Å². The van der Waals surface area contributed by atoms with Gasteiger partial charge in [0.2, 0.25) is 0 Å². The molecule has 58 valence electrons. The lowest BCUT2D eigenvalue weighted by Gasteiger charge is -2.12. The summed E-state index contributed by atoms with van der Waals surface area (Å²) in [6, 6.07) is 0. The number of hydrogen-bond acceptors (Lipinski definition) is 1. The van der Waals surface area contributed by atoms with Gasteiger partial charge < -0.3 is 4.79 Å². The van der Waals surface area contributed by atoms with Crippen LogP contribution in [0, 0.1) is 5.41 Å². The van der Waals surface area contributed by atoms with Crippen LogP contribution in [0.25, 0.3) is 0 Å². The average Bonchev–Trinajstić information content (AvgIpc) is 1.59. The molecular weight excluding hydrogens is 124 g/mol. The lowest BCUT2D eigenvalue weighted by Crippen LogP contribution is -2.00. The van der Waals surface area contributed by atoms with Crippen LogP contribution >= 0.6 is 0 Å². The maximum absolute atomic E-state index is 10.1. The van der Waals surface area contributed by atoms with Gasteiger partial charge in [0.25, 0.3) is 0 Å². The van der Waals surface area contributed by atoms with Crippen LogP contribution in [0.15, 0.2) is 11.6 Å². The third-order valence-corrected chi connectivity index (χ3v) is 1.08. The molecule has 0 saturated heterocycles. The molecule has 0 atom stereocenters. The molecule has 0 unspecified atom stereocenters. The molecule has 0 aliphatic rings. The topological polar surface area (TPSA) is 17.1 Å². The molecule has 0 bridgehead atoms. The number of hydrogen-bond donors (Lipinski definition) is 0. The van der Waals surface area contributed by atoms with Gasteiger partial charge in [-0.25, -0.2) is 0 Å². The van der Waals surface area contributed by atoms with E-state index in [0.717, 1.165) is 11.9 Å². The summed E-state index contributed by atoms with van der Waals surface area (Å²) in [6.45, 7) is 8.36. The quantitative estimate of drug-likeness (QED) is 0.425. The number of allylic oxidation sites excluding steroid dienone is 2. The molecule has 0 aromatic carbocycles. The van der Waals surface area contributed by atoms with Crippen molar-refractivity contribution < 1.29 is 4.79 Å². The summed E-state index contributed by atoms with van der Waals surface area (Å²) in [5, 5.41) is 0. The predicted molar refractivity (Wildman–Crippen MR) is 43.9 cm³/mol. The first kappa shape index (κ1) is 9.41. The Morgan fingerprint density at radius 3 is 2.20 bits per heavy atom. The Morgan fingerprint density at radius 2 is 1.90 bits per heavy atom. The van der Waals surface area contributed by atoms with Gasteiger partial charge in [-0.05, 0) is 12.3 Å². The molecule has 1 nitrogen and oxygen atoms in total. The standard InChI is InChI=1S/C9H16O/c1-8(5-6-10)7-9(2,3)4/h6-7H,5H2,1-4H3/b8-7+. The highest BCUT2D eigenvalue weighted by Gasteiger charge is 2.05. The van der Waals surface area contributed by atoms with Crippen LogP contribution in [0.1, 0.15) is 34.1 Å². The van der Waals surface area contributed by atoms with Crippen LogP contribution in [0.4, 0.5) is 0 Å². The van der Waals surface area contributed by atoms with Crippen molar-refractivity contribution in [3.63, 3.8) is 0 Å². The Morgan fingerprint density at radius 1 is 1.40 bits per heavy atom. The third kappa shape index (κ3) is 5.54. The first-order chi connectivity index (χ1) is 4.45. The predicted octanol–water partition coefficient (Wildman–Crippen LogP) is 2.57. The molecule has 0 saturated carbocycles. The van der Waals surface area contributed by atoms with Crippen LogP contribution in [0.5, 0.6) is 0 Å². The van der Waals surface area contributed by atoms with Gasteiger partial charge >= 0.3 is 0 Å². The molecule has 0 aliphatic carbocycles. The zero-order valence-corrected chi connectivity index (χ0v) is 7.27. The van der Waals surface area contributed by atoms with E-state index in [4.69, 9.17) is 0 Å². The van der Waals surface area contributed by atoms with Crippen LogP contribution < -0.4 is 0 Å². The van der Waals surface area contributed by atoms with Crippen LogP contribution in [0.2, 0.25) is 0 Å². The molecule has 0 spiro atoms. The molecule has 0 aliphatic heterocycles. The van der Waals surface area contributed by atoms with Gasteiger partial charge in [-0.15, -0.1) is 0 Å². The first-order valence-electron chi connectivity index (χ1n) is 3.57. The molecule has 10 heavy (non-hydrogen) atoms. The van der Waals surface area contributed by atoms with E-state index in [9.17, 15) is 4.79 Å². The van der Waals surface area contributed by atoms with Gasteiger partial charge in [-0.1, -0.05) is 32.4 Å². The maximum atomic E-state index is 10.1. The van der Waals surface area contributed by atoms with E-state index < -0.39 is 0 Å². The third-order valence-electron chi connectivity index (χ3n) is 1.08. The molecule has 0 fully saturated rings. The van der Waals surface area contributed by atoms with E-state index in [-0.39, 0.29) is 5.41 Å². The highest BCUT2D eigenvalue weighted by Crippen LogP contribution is 2.17. The summed E-state index contributed by atoms with van der Waals surface area (Å²) in [7, 11) is 0. The normalized spacial score (nSPS) is 13.4. The zero-order chi connectivity index (χ0) is 8.20. The van der Waals surface area contributed by atoms with Crippen molar-refractivity contribution in [3.05, 3.63) is 11.6 Å². The van der Waals surface area contributed by atoms with E-state index in [1.807, 2.05) is 6.92 Å². The van der Waals surface area contributed by atoms with E-state index in [1.165, 1.54) is 0 Å². The van der Waals surface area contributed by atoms with Crippen molar-refractivity contribution in [2.75, 3.05) is 0 Å². The second kappa shape index (κ2) is 3.55. The number of rotatable bonds is 2. The first-order valence-corrected chi connectivity index (χ1v) is 3.57. The van der Waals surface area contributed by atoms with Crippen molar-refractivity contribution in [2.24, 2.45) is 5.41 Å². The molecule has 0 heterocycles. The van der Waals surface area contributed by atoms with Crippen molar-refractivity contribution in [2.45, 2.75) is 34.1 Å². The highest BCUT2D eigenvalue weighted by molar-refractivity contribution is 5.53. The molecular formula is C9H16O. The van der Waals surface area contributed by atoms with Crippen LogP contribution in [0.3, 0.4) is 0 Å². The zero-order valence-electron chi connectivity index (χ0n) is 7.27. The highest BCUT2D eigenvalue weighted by atomic mass is 16.1. The van der Waals surface area contributed by atoms with Gasteiger partial charge in [-0.3, -0.25) is 0 Å². The van der Waals surface area contributed by atoms with Crippen molar-refractivity contribution in [1.29, 1.82) is 0 Å². The van der Waals surface area contributed by atoms with Crippen molar-refractivity contribution in [1.82, 2.24) is 0 Å². The fourth-order valence-electron chi connectivity index (χ4n) is 0.930. The van der Waals surface area contributed by atoms with Gasteiger partial charge in [0.05, 0.1) is 0 Å². The van der Waals surface area contributed by atoms with E-state index >= 15 is 0 Å². The fourth-order valence-corrected chi connectivity index (χ4v) is 0.930. The van der Waals surface area contributed by atoms with Gasteiger partial charge in [0.1, 0.15) is 6.29 Å². The summed E-state index contributed by atoms with van der Waals surface area (Å²) < 4.78 is 0. The summed E-state index contributed by atoms with van der Waals surface area (Å²) in [5.41, 5.74) is 1.36. The summed E-state index contributed by atoms with van der Waals surface area (Å²) in [5.74, 6) is 0. The Bertz CT molecular complexity index is 137. The van der Waals surface area contributed by atoms with E-state index in [1.54, 1.807) is 0 Å². The summed E-state index contributed by atoms with van der Waals surface area (Å²) >= 11 is 0. The molecule has 0 radical (unpaired) electrons. The summed E-state index contributed by atoms with van der Waals surface area (Å²) in [4.78, 5) is 10.1. The molecule has 0 N–H and O–H groups in total. The minimum Gasteiger partial charge on any atom is -0.303 e. The van der Waals surface area contributed by atoms with E-state index in [0.29, 0.717) is 6.42 Å². The van der Waals surface area contributed by atoms with Crippen LogP contribution in [-0.4, -0.2) is 6.29 Å². The molecule has 0 amide bonds. The van der Waals surface area contributed by atoms with Crippen LogP contribution in [-0.2, 0) is 4.79 Å². The maximum Gasteiger partial charge on any atom is 0.124 e. The van der Waals surface area contributed by atoms with E-state index in [2.05, 4.69) is 26.8 Å². The Hall–Kier alpha value is -0.590.